The number of hydrogen-bond acceptors (Lipinski definition) is 6. The second-order valence-electron chi connectivity index (χ2n) is 15.2. The molecule has 0 aliphatic carbocycles. The summed E-state index contributed by atoms with van der Waals surface area (Å²) in [5, 5.41) is 14.8. The quantitative estimate of drug-likeness (QED) is 0.140. The number of halogens is 3. The van der Waals surface area contributed by atoms with Gasteiger partial charge in [-0.25, -0.2) is 0 Å². The van der Waals surface area contributed by atoms with E-state index in [1.54, 1.807) is 0 Å². The standard InChI is InChI=1S/C46H48F3N3O5/c1-29-41(27-51(3)30(2)37-22-19-33-9-4-5-10-39(33)25-37)56-44(57-42(29)35-15-13-31(28-53)14-16-35)36-20-17-34(18-21-36)38-11-6-8-32(24-38)26-50-43(54)40-12-7-23-52(40)45(55)46(47,48)49/h4-6,8-11,13-22,24-25,29-30,40-42,44,53H,7,12,23,26-28H2,1-3H3,(H,50,54). The van der Waals surface area contributed by atoms with Crippen molar-refractivity contribution in [2.45, 2.75) is 76.6 Å². The van der Waals surface area contributed by atoms with Crippen LogP contribution in [-0.2, 0) is 32.2 Å². The van der Waals surface area contributed by atoms with Gasteiger partial charge in [0.2, 0.25) is 5.91 Å². The zero-order valence-corrected chi connectivity index (χ0v) is 32.3. The molecule has 0 bridgehead atoms. The van der Waals surface area contributed by atoms with E-state index in [-0.39, 0.29) is 50.3 Å². The molecule has 2 aliphatic heterocycles. The van der Waals surface area contributed by atoms with Gasteiger partial charge in [-0.2, -0.15) is 13.2 Å². The smallest absolute Gasteiger partial charge is 0.392 e. The Balaban J connectivity index is 1.06. The summed E-state index contributed by atoms with van der Waals surface area (Å²) in [6.07, 6.45) is -5.58. The number of likely N-dealkylation sites (N-methyl/N-ethyl adjacent to an activating group) is 1. The minimum atomic E-state index is -5.02. The van der Waals surface area contributed by atoms with E-state index in [9.17, 15) is 27.9 Å². The largest absolute Gasteiger partial charge is 0.471 e. The Morgan fingerprint density at radius 2 is 1.58 bits per heavy atom. The summed E-state index contributed by atoms with van der Waals surface area (Å²) in [5.41, 5.74) is 6.51. The predicted molar refractivity (Wildman–Crippen MR) is 212 cm³/mol. The Labute approximate surface area is 331 Å². The maximum Gasteiger partial charge on any atom is 0.471 e. The van der Waals surface area contributed by atoms with Gasteiger partial charge in [0.25, 0.3) is 0 Å². The Morgan fingerprint density at radius 3 is 2.30 bits per heavy atom. The van der Waals surface area contributed by atoms with Gasteiger partial charge in [0.15, 0.2) is 6.29 Å². The number of nitrogens with one attached hydrogen (secondary N) is 1. The molecule has 11 heteroatoms. The SMILES string of the molecule is CC1C(CN(C)C(C)c2ccc3ccccc3c2)OC(c2ccc(-c3cccc(CNC(=O)C4CCCN4C(=O)C(F)(F)F)c3)cc2)OC1c1ccc(CO)cc1. The highest BCUT2D eigenvalue weighted by atomic mass is 19.4. The molecule has 5 aromatic rings. The molecular formula is C46H48F3N3O5. The Kier molecular flexibility index (Phi) is 12.1. The number of likely N-dealkylation sites (tertiary alicyclic amines) is 1. The van der Waals surface area contributed by atoms with Crippen LogP contribution < -0.4 is 5.32 Å². The van der Waals surface area contributed by atoms with E-state index in [0.717, 1.165) is 33.4 Å². The van der Waals surface area contributed by atoms with Crippen LogP contribution in [0.3, 0.4) is 0 Å². The average molecular weight is 780 g/mol. The van der Waals surface area contributed by atoms with Crippen molar-refractivity contribution < 1.29 is 37.3 Å². The average Bonchev–Trinajstić information content (AvgIpc) is 3.73. The number of ether oxygens (including phenoxy) is 2. The van der Waals surface area contributed by atoms with Crippen LogP contribution >= 0.6 is 0 Å². The van der Waals surface area contributed by atoms with Gasteiger partial charge in [0.1, 0.15) is 6.04 Å². The van der Waals surface area contributed by atoms with Crippen molar-refractivity contribution in [3.8, 4) is 11.1 Å². The summed E-state index contributed by atoms with van der Waals surface area (Å²) >= 11 is 0. The van der Waals surface area contributed by atoms with Crippen molar-refractivity contribution in [2.24, 2.45) is 5.92 Å². The molecule has 2 aliphatic rings. The van der Waals surface area contributed by atoms with Crippen molar-refractivity contribution in [3.63, 3.8) is 0 Å². The molecular weight excluding hydrogens is 732 g/mol. The molecule has 2 heterocycles. The van der Waals surface area contributed by atoms with Gasteiger partial charge in [-0.05, 0) is 83.1 Å². The number of aliphatic hydroxyl groups is 1. The third kappa shape index (κ3) is 9.07. The molecule has 7 rings (SSSR count). The molecule has 2 saturated heterocycles. The van der Waals surface area contributed by atoms with Crippen LogP contribution in [0.1, 0.15) is 72.9 Å². The highest BCUT2D eigenvalue weighted by Crippen LogP contribution is 2.42. The highest BCUT2D eigenvalue weighted by Gasteiger charge is 2.47. The number of hydrogen-bond donors (Lipinski definition) is 2. The Bertz CT molecular complexity index is 2180. The number of rotatable bonds is 11. The van der Waals surface area contributed by atoms with E-state index >= 15 is 0 Å². The first kappa shape index (κ1) is 40.1. The monoisotopic (exact) mass is 779 g/mol. The van der Waals surface area contributed by atoms with Gasteiger partial charge >= 0.3 is 12.1 Å². The molecule has 0 spiro atoms. The lowest BCUT2D eigenvalue weighted by Gasteiger charge is -2.43. The second kappa shape index (κ2) is 17.2. The molecule has 0 radical (unpaired) electrons. The minimum absolute atomic E-state index is 0.0110. The van der Waals surface area contributed by atoms with Crippen LogP contribution in [-0.4, -0.2) is 65.2 Å². The normalized spacial score (nSPS) is 21.8. The van der Waals surface area contributed by atoms with E-state index < -0.39 is 30.3 Å². The van der Waals surface area contributed by atoms with Crippen molar-refractivity contribution in [1.29, 1.82) is 0 Å². The number of benzene rings is 5. The third-order valence-electron chi connectivity index (χ3n) is 11.5. The summed E-state index contributed by atoms with van der Waals surface area (Å²) in [6, 6.07) is 37.4. The van der Waals surface area contributed by atoms with Gasteiger partial charge in [-0.15, -0.1) is 0 Å². The van der Waals surface area contributed by atoms with Crippen LogP contribution in [0.4, 0.5) is 13.2 Å². The number of nitrogens with zero attached hydrogens (tertiary/aromatic N) is 2. The van der Waals surface area contributed by atoms with Crippen LogP contribution in [0.5, 0.6) is 0 Å². The van der Waals surface area contributed by atoms with Crippen LogP contribution in [0.25, 0.3) is 21.9 Å². The van der Waals surface area contributed by atoms with Gasteiger partial charge in [-0.1, -0.05) is 110 Å². The molecule has 2 N–H and O–H groups in total. The summed E-state index contributed by atoms with van der Waals surface area (Å²) in [6.45, 7) is 5.00. The first-order valence-electron chi connectivity index (χ1n) is 19.4. The summed E-state index contributed by atoms with van der Waals surface area (Å²) in [7, 11) is 2.12. The fourth-order valence-electron chi connectivity index (χ4n) is 7.94. The lowest BCUT2D eigenvalue weighted by atomic mass is 9.89. The van der Waals surface area contributed by atoms with Crippen LogP contribution in [0.15, 0.2) is 115 Å². The van der Waals surface area contributed by atoms with E-state index in [4.69, 9.17) is 9.47 Å². The molecule has 5 aromatic carbocycles. The number of amides is 2. The lowest BCUT2D eigenvalue weighted by Crippen LogP contribution is -2.50. The van der Waals surface area contributed by atoms with Gasteiger partial charge in [0.05, 0.1) is 18.8 Å². The van der Waals surface area contributed by atoms with E-state index in [2.05, 4.69) is 67.5 Å². The zero-order chi connectivity index (χ0) is 40.3. The molecule has 57 heavy (non-hydrogen) atoms. The Morgan fingerprint density at radius 1 is 0.860 bits per heavy atom. The highest BCUT2D eigenvalue weighted by molar-refractivity contribution is 5.90. The lowest BCUT2D eigenvalue weighted by molar-refractivity contribution is -0.276. The number of carbonyl (C=O) groups excluding carboxylic acids is 2. The third-order valence-corrected chi connectivity index (χ3v) is 11.5. The van der Waals surface area contributed by atoms with E-state index in [1.807, 2.05) is 78.9 Å². The van der Waals surface area contributed by atoms with Crippen molar-refractivity contribution >= 4 is 22.6 Å². The molecule has 2 amide bonds. The number of alkyl halides is 3. The van der Waals surface area contributed by atoms with Crippen LogP contribution in [0.2, 0.25) is 0 Å². The minimum Gasteiger partial charge on any atom is -0.392 e. The number of aliphatic hydroxyl groups excluding tert-OH is 1. The summed E-state index contributed by atoms with van der Waals surface area (Å²) in [5.74, 6) is -2.57. The summed E-state index contributed by atoms with van der Waals surface area (Å²) < 4.78 is 52.8. The number of fused-ring (bicyclic) bond motifs is 1. The van der Waals surface area contributed by atoms with Crippen molar-refractivity contribution in [3.05, 3.63) is 143 Å². The molecule has 2 fully saturated rings. The predicted octanol–water partition coefficient (Wildman–Crippen LogP) is 8.65. The fraction of sp³-hybridized carbons (Fsp3) is 0.348. The second-order valence-corrected chi connectivity index (χ2v) is 15.2. The van der Waals surface area contributed by atoms with Gasteiger partial charge in [-0.3, -0.25) is 14.5 Å². The van der Waals surface area contributed by atoms with Crippen molar-refractivity contribution in [2.75, 3.05) is 20.1 Å². The molecule has 298 valence electrons. The molecule has 6 unspecified atom stereocenters. The van der Waals surface area contributed by atoms with E-state index in [0.29, 0.717) is 17.9 Å². The molecule has 6 atom stereocenters. The maximum atomic E-state index is 13.1. The summed E-state index contributed by atoms with van der Waals surface area (Å²) in [4.78, 5) is 27.7. The maximum absolute atomic E-state index is 13.1. The number of carbonyl (C=O) groups is 2. The van der Waals surface area contributed by atoms with E-state index in [1.165, 1.54) is 16.3 Å². The van der Waals surface area contributed by atoms with Crippen molar-refractivity contribution in [1.82, 2.24) is 15.1 Å². The van der Waals surface area contributed by atoms with Crippen LogP contribution in [0, 0.1) is 5.92 Å². The topological polar surface area (TPSA) is 91.3 Å². The van der Waals surface area contributed by atoms with Gasteiger partial charge < -0.3 is 24.8 Å². The molecule has 0 saturated carbocycles. The molecule has 8 nitrogen and oxygen atoms in total. The Hall–Kier alpha value is -5.07. The zero-order valence-electron chi connectivity index (χ0n) is 32.3. The van der Waals surface area contributed by atoms with Gasteiger partial charge in [0, 0.05) is 37.2 Å². The first-order chi connectivity index (χ1) is 27.4. The first-order valence-corrected chi connectivity index (χ1v) is 19.4. The fourth-order valence-corrected chi connectivity index (χ4v) is 7.94. The molecule has 0 aromatic heterocycles.